The molecule has 1 aromatic rings. The van der Waals surface area contributed by atoms with Gasteiger partial charge in [0, 0.05) is 32.5 Å². The van der Waals surface area contributed by atoms with Gasteiger partial charge in [0.1, 0.15) is 10.8 Å². The van der Waals surface area contributed by atoms with Crippen LogP contribution in [0.25, 0.3) is 0 Å². The largest absolute Gasteiger partial charge is 0.389 e. The van der Waals surface area contributed by atoms with E-state index < -0.39 is 0 Å². The molecule has 0 bridgehead atoms. The van der Waals surface area contributed by atoms with Crippen LogP contribution in [0, 0.1) is 6.92 Å². The molecule has 0 aliphatic carbocycles. The van der Waals surface area contributed by atoms with Crippen molar-refractivity contribution in [1.29, 1.82) is 0 Å². The number of pyridine rings is 1. The molecular weight excluding hydrogens is 246 g/mol. The maximum atomic E-state index is 5.82. The first-order valence-corrected chi connectivity index (χ1v) is 6.58. The van der Waals surface area contributed by atoms with Gasteiger partial charge in [0.2, 0.25) is 0 Å². The fourth-order valence-corrected chi connectivity index (χ4v) is 2.61. The monoisotopic (exact) mass is 265 g/mol. The van der Waals surface area contributed by atoms with Gasteiger partial charge in [0.05, 0.1) is 5.56 Å². The van der Waals surface area contributed by atoms with Gasteiger partial charge in [-0.15, -0.1) is 0 Å². The van der Waals surface area contributed by atoms with Gasteiger partial charge < -0.3 is 15.4 Å². The summed E-state index contributed by atoms with van der Waals surface area (Å²) in [5, 5.41) is 0. The van der Waals surface area contributed by atoms with Crippen molar-refractivity contribution in [2.24, 2.45) is 5.73 Å². The van der Waals surface area contributed by atoms with Gasteiger partial charge in [-0.05, 0) is 31.4 Å². The quantitative estimate of drug-likeness (QED) is 0.842. The molecule has 98 valence electrons. The van der Waals surface area contributed by atoms with Crippen LogP contribution in [0.15, 0.2) is 12.3 Å². The Kier molecular flexibility index (Phi) is 4.14. The number of nitrogens with two attached hydrogens (primary N) is 1. The van der Waals surface area contributed by atoms with Gasteiger partial charge in [-0.25, -0.2) is 4.98 Å². The summed E-state index contributed by atoms with van der Waals surface area (Å²) in [6.07, 6.45) is 3.84. The predicted molar refractivity (Wildman–Crippen MR) is 77.1 cm³/mol. The van der Waals surface area contributed by atoms with E-state index >= 15 is 0 Å². The van der Waals surface area contributed by atoms with Gasteiger partial charge in [0.15, 0.2) is 0 Å². The van der Waals surface area contributed by atoms with Crippen LogP contribution in [-0.2, 0) is 4.74 Å². The molecule has 1 saturated heterocycles. The topological polar surface area (TPSA) is 51.4 Å². The molecule has 4 nitrogen and oxygen atoms in total. The number of ether oxygens (including phenoxy) is 1. The van der Waals surface area contributed by atoms with Crippen molar-refractivity contribution in [3.05, 3.63) is 23.4 Å². The van der Waals surface area contributed by atoms with Crippen molar-refractivity contribution in [3.8, 4) is 0 Å². The highest BCUT2D eigenvalue weighted by Gasteiger charge is 2.22. The highest BCUT2D eigenvalue weighted by Crippen LogP contribution is 2.24. The number of aromatic nitrogens is 1. The molecule has 18 heavy (non-hydrogen) atoms. The van der Waals surface area contributed by atoms with Gasteiger partial charge in [-0.1, -0.05) is 12.2 Å². The Morgan fingerprint density at radius 2 is 2.17 bits per heavy atom. The minimum absolute atomic E-state index is 0.412. The molecular formula is C13H19N3OS. The molecule has 0 saturated carbocycles. The second-order valence-electron chi connectivity index (χ2n) is 4.65. The SMILES string of the molecule is Cc1ccnc(N(C)C2CCOCC2)c1C(N)=S. The van der Waals surface area contributed by atoms with E-state index in [1.54, 1.807) is 0 Å². The first-order chi connectivity index (χ1) is 8.61. The summed E-state index contributed by atoms with van der Waals surface area (Å²) < 4.78 is 5.39. The van der Waals surface area contributed by atoms with Crippen LogP contribution in [0.5, 0.6) is 0 Å². The number of hydrogen-bond acceptors (Lipinski definition) is 4. The Morgan fingerprint density at radius 3 is 2.78 bits per heavy atom. The zero-order valence-corrected chi connectivity index (χ0v) is 11.7. The molecule has 2 rings (SSSR count). The Morgan fingerprint density at radius 1 is 1.50 bits per heavy atom. The Hall–Kier alpha value is -1.20. The molecule has 0 unspecified atom stereocenters. The van der Waals surface area contributed by atoms with E-state index in [-0.39, 0.29) is 0 Å². The maximum absolute atomic E-state index is 5.82. The van der Waals surface area contributed by atoms with E-state index in [1.807, 2.05) is 19.2 Å². The molecule has 1 aliphatic rings. The van der Waals surface area contributed by atoms with Crippen LogP contribution in [0.3, 0.4) is 0 Å². The smallest absolute Gasteiger partial charge is 0.139 e. The first-order valence-electron chi connectivity index (χ1n) is 6.17. The molecule has 0 aromatic carbocycles. The number of hydrogen-bond donors (Lipinski definition) is 1. The third-order valence-electron chi connectivity index (χ3n) is 3.46. The molecule has 1 fully saturated rings. The molecule has 2 heterocycles. The lowest BCUT2D eigenvalue weighted by Crippen LogP contribution is -2.38. The fourth-order valence-electron chi connectivity index (χ4n) is 2.36. The molecule has 0 atom stereocenters. The third-order valence-corrected chi connectivity index (χ3v) is 3.66. The summed E-state index contributed by atoms with van der Waals surface area (Å²) in [6, 6.07) is 2.39. The average Bonchev–Trinajstić information content (AvgIpc) is 2.38. The van der Waals surface area contributed by atoms with Crippen LogP contribution in [0.1, 0.15) is 24.0 Å². The van der Waals surface area contributed by atoms with Crippen molar-refractivity contribution < 1.29 is 4.74 Å². The van der Waals surface area contributed by atoms with Crippen molar-refractivity contribution in [2.45, 2.75) is 25.8 Å². The van der Waals surface area contributed by atoms with E-state index in [2.05, 4.69) is 16.9 Å². The van der Waals surface area contributed by atoms with E-state index in [4.69, 9.17) is 22.7 Å². The average molecular weight is 265 g/mol. The Labute approximate surface area is 113 Å². The third kappa shape index (κ3) is 2.62. The number of thiocarbonyl (C=S) groups is 1. The molecule has 2 N–H and O–H groups in total. The molecule has 5 heteroatoms. The summed E-state index contributed by atoms with van der Waals surface area (Å²) in [5.41, 5.74) is 7.79. The van der Waals surface area contributed by atoms with Gasteiger partial charge in [0.25, 0.3) is 0 Å². The highest BCUT2D eigenvalue weighted by atomic mass is 32.1. The van der Waals surface area contributed by atoms with E-state index in [0.29, 0.717) is 11.0 Å². The number of rotatable bonds is 3. The molecule has 0 radical (unpaired) electrons. The minimum Gasteiger partial charge on any atom is -0.389 e. The lowest BCUT2D eigenvalue weighted by molar-refractivity contribution is 0.0853. The minimum atomic E-state index is 0.412. The summed E-state index contributed by atoms with van der Waals surface area (Å²) in [7, 11) is 2.06. The number of anilines is 1. The van der Waals surface area contributed by atoms with Crippen LogP contribution < -0.4 is 10.6 Å². The van der Waals surface area contributed by atoms with Gasteiger partial charge in [-0.2, -0.15) is 0 Å². The highest BCUT2D eigenvalue weighted by molar-refractivity contribution is 7.80. The molecule has 1 aliphatic heterocycles. The van der Waals surface area contributed by atoms with Crippen LogP contribution in [-0.4, -0.2) is 36.3 Å². The van der Waals surface area contributed by atoms with E-state index in [1.165, 1.54) is 0 Å². The zero-order valence-electron chi connectivity index (χ0n) is 10.8. The van der Waals surface area contributed by atoms with Crippen molar-refractivity contribution in [3.63, 3.8) is 0 Å². The van der Waals surface area contributed by atoms with E-state index in [0.717, 1.165) is 43.0 Å². The van der Waals surface area contributed by atoms with Crippen LogP contribution >= 0.6 is 12.2 Å². The van der Waals surface area contributed by atoms with Crippen molar-refractivity contribution in [1.82, 2.24) is 4.98 Å². The molecule has 1 aromatic heterocycles. The second-order valence-corrected chi connectivity index (χ2v) is 5.08. The molecule has 0 spiro atoms. The summed E-state index contributed by atoms with van der Waals surface area (Å²) in [6.45, 7) is 3.63. The Bertz CT molecular complexity index is 444. The fraction of sp³-hybridized carbons (Fsp3) is 0.538. The van der Waals surface area contributed by atoms with Crippen LogP contribution in [0.2, 0.25) is 0 Å². The lowest BCUT2D eigenvalue weighted by atomic mass is 10.1. The number of aryl methyl sites for hydroxylation is 1. The van der Waals surface area contributed by atoms with Gasteiger partial charge >= 0.3 is 0 Å². The predicted octanol–water partition coefficient (Wildman–Crippen LogP) is 1.64. The summed E-state index contributed by atoms with van der Waals surface area (Å²) in [4.78, 5) is 7.05. The van der Waals surface area contributed by atoms with E-state index in [9.17, 15) is 0 Å². The first kappa shape index (κ1) is 13.2. The normalized spacial score (nSPS) is 16.6. The number of nitrogens with zero attached hydrogens (tertiary/aromatic N) is 2. The molecule has 0 amide bonds. The second kappa shape index (κ2) is 5.63. The lowest BCUT2D eigenvalue weighted by Gasteiger charge is -2.33. The Balaban J connectivity index is 2.31. The van der Waals surface area contributed by atoms with Crippen LogP contribution in [0.4, 0.5) is 5.82 Å². The van der Waals surface area contributed by atoms with Crippen molar-refractivity contribution >= 4 is 23.0 Å². The van der Waals surface area contributed by atoms with Gasteiger partial charge in [-0.3, -0.25) is 0 Å². The standard InChI is InChI=1S/C13H19N3OS/c1-9-3-6-15-13(11(9)12(14)18)16(2)10-4-7-17-8-5-10/h3,6,10H,4-5,7-8H2,1-2H3,(H2,14,18). The maximum Gasteiger partial charge on any atom is 0.139 e. The van der Waals surface area contributed by atoms with Crippen molar-refractivity contribution in [2.75, 3.05) is 25.2 Å². The summed E-state index contributed by atoms with van der Waals surface area (Å²) in [5.74, 6) is 0.884. The summed E-state index contributed by atoms with van der Waals surface area (Å²) >= 11 is 5.14. The zero-order chi connectivity index (χ0) is 13.1.